The second kappa shape index (κ2) is 6.34. The van der Waals surface area contributed by atoms with Gasteiger partial charge in [-0.15, -0.1) is 0 Å². The van der Waals surface area contributed by atoms with Gasteiger partial charge >= 0.3 is 5.97 Å². The largest absolute Gasteiger partial charge is 0.389 e. The lowest BCUT2D eigenvalue weighted by atomic mass is 10.0. The standard InChI is InChI=1S/C15H19N3O2/c1-11-5-4-6-12(9-11)14-13(15(19)20-17-14)10-16-7-8-18(2)3/h4-6,9-10,16H,7-8H2,1-3H3. The fourth-order valence-electron chi connectivity index (χ4n) is 1.87. The predicted octanol–water partition coefficient (Wildman–Crippen LogP) is 1.29. The molecule has 0 saturated carbocycles. The first-order valence-corrected chi connectivity index (χ1v) is 6.53. The van der Waals surface area contributed by atoms with Gasteiger partial charge in [0.1, 0.15) is 11.3 Å². The van der Waals surface area contributed by atoms with Crippen molar-refractivity contribution in [2.24, 2.45) is 5.16 Å². The van der Waals surface area contributed by atoms with Gasteiger partial charge in [-0.05, 0) is 27.1 Å². The molecule has 1 aliphatic rings. The van der Waals surface area contributed by atoms with Gasteiger partial charge in [0.15, 0.2) is 0 Å². The number of likely N-dealkylation sites (N-methyl/N-ethyl adjacent to an activating group) is 1. The topological polar surface area (TPSA) is 53.9 Å². The van der Waals surface area contributed by atoms with Crippen molar-refractivity contribution in [2.45, 2.75) is 6.92 Å². The number of nitrogens with one attached hydrogen (secondary N) is 1. The molecule has 5 heteroatoms. The van der Waals surface area contributed by atoms with Gasteiger partial charge < -0.3 is 15.1 Å². The van der Waals surface area contributed by atoms with E-state index in [1.54, 1.807) is 6.20 Å². The summed E-state index contributed by atoms with van der Waals surface area (Å²) in [7, 11) is 4.00. The van der Waals surface area contributed by atoms with Crippen LogP contribution < -0.4 is 5.32 Å². The van der Waals surface area contributed by atoms with E-state index in [-0.39, 0.29) is 0 Å². The number of carbonyl (C=O) groups excluding carboxylic acids is 1. The molecule has 106 valence electrons. The number of oxime groups is 1. The molecule has 5 nitrogen and oxygen atoms in total. The molecular formula is C15H19N3O2. The van der Waals surface area contributed by atoms with Crippen molar-refractivity contribution in [1.82, 2.24) is 10.2 Å². The summed E-state index contributed by atoms with van der Waals surface area (Å²) in [5.74, 6) is -0.418. The van der Waals surface area contributed by atoms with Crippen LogP contribution in [0.4, 0.5) is 0 Å². The summed E-state index contributed by atoms with van der Waals surface area (Å²) in [5, 5.41) is 6.99. The molecule has 0 unspecified atom stereocenters. The molecule has 0 bridgehead atoms. The van der Waals surface area contributed by atoms with E-state index >= 15 is 0 Å². The van der Waals surface area contributed by atoms with Gasteiger partial charge in [-0.25, -0.2) is 4.79 Å². The van der Waals surface area contributed by atoms with E-state index in [1.807, 2.05) is 45.3 Å². The van der Waals surface area contributed by atoms with E-state index in [2.05, 4.69) is 15.4 Å². The third kappa shape index (κ3) is 3.45. The molecular weight excluding hydrogens is 254 g/mol. The number of carbonyl (C=O) groups is 1. The van der Waals surface area contributed by atoms with Gasteiger partial charge in [-0.3, -0.25) is 0 Å². The Bertz CT molecular complexity index is 562. The smallest absolute Gasteiger partial charge is 0.369 e. The van der Waals surface area contributed by atoms with Crippen molar-refractivity contribution >= 4 is 11.7 Å². The minimum absolute atomic E-state index is 0.418. The van der Waals surface area contributed by atoms with E-state index in [4.69, 9.17) is 4.84 Å². The number of hydrogen-bond donors (Lipinski definition) is 1. The molecule has 1 aromatic carbocycles. The lowest BCUT2D eigenvalue weighted by molar-refractivity contribution is -0.136. The van der Waals surface area contributed by atoms with Gasteiger partial charge in [0.2, 0.25) is 0 Å². The van der Waals surface area contributed by atoms with Crippen molar-refractivity contribution in [2.75, 3.05) is 27.2 Å². The molecule has 1 aromatic rings. The maximum absolute atomic E-state index is 11.7. The van der Waals surface area contributed by atoms with Crippen molar-refractivity contribution in [3.63, 3.8) is 0 Å². The zero-order valence-corrected chi connectivity index (χ0v) is 12.0. The lowest BCUT2D eigenvalue weighted by Crippen LogP contribution is -2.24. The zero-order valence-electron chi connectivity index (χ0n) is 12.0. The summed E-state index contributed by atoms with van der Waals surface area (Å²) in [5.41, 5.74) is 3.05. The lowest BCUT2D eigenvalue weighted by Gasteiger charge is -2.09. The normalized spacial score (nSPS) is 16.5. The van der Waals surface area contributed by atoms with Crippen LogP contribution in [-0.2, 0) is 9.63 Å². The Kier molecular flexibility index (Phi) is 4.53. The van der Waals surface area contributed by atoms with Gasteiger partial charge in [0.25, 0.3) is 0 Å². The van der Waals surface area contributed by atoms with Crippen molar-refractivity contribution < 1.29 is 9.63 Å². The first kappa shape index (κ1) is 14.3. The molecule has 20 heavy (non-hydrogen) atoms. The van der Waals surface area contributed by atoms with Gasteiger partial charge in [-0.1, -0.05) is 28.9 Å². The van der Waals surface area contributed by atoms with Crippen molar-refractivity contribution in [3.8, 4) is 0 Å². The van der Waals surface area contributed by atoms with E-state index < -0.39 is 5.97 Å². The maximum atomic E-state index is 11.7. The van der Waals surface area contributed by atoms with Crippen molar-refractivity contribution in [1.29, 1.82) is 0 Å². The van der Waals surface area contributed by atoms with Crippen molar-refractivity contribution in [3.05, 3.63) is 47.2 Å². The summed E-state index contributed by atoms with van der Waals surface area (Å²) < 4.78 is 0. The average Bonchev–Trinajstić information content (AvgIpc) is 2.76. The Labute approximate surface area is 118 Å². The summed E-state index contributed by atoms with van der Waals surface area (Å²) in [6.45, 7) is 3.64. The molecule has 0 fully saturated rings. The van der Waals surface area contributed by atoms with Crippen LogP contribution in [0.2, 0.25) is 0 Å². The second-order valence-corrected chi connectivity index (χ2v) is 5.00. The van der Waals surface area contributed by atoms with E-state index in [0.717, 1.165) is 24.2 Å². The highest BCUT2D eigenvalue weighted by Crippen LogP contribution is 2.18. The van der Waals surface area contributed by atoms with Crippen LogP contribution in [0.3, 0.4) is 0 Å². The summed E-state index contributed by atoms with van der Waals surface area (Å²) in [6.07, 6.45) is 1.68. The van der Waals surface area contributed by atoms with Gasteiger partial charge in [0, 0.05) is 24.9 Å². The first-order chi connectivity index (χ1) is 9.58. The Morgan fingerprint density at radius 2 is 2.20 bits per heavy atom. The highest BCUT2D eigenvalue weighted by molar-refractivity contribution is 6.28. The molecule has 0 radical (unpaired) electrons. The van der Waals surface area contributed by atoms with Crippen LogP contribution in [-0.4, -0.2) is 43.8 Å². The SMILES string of the molecule is Cc1cccc(C2=NOC(=O)C2=CNCCN(C)C)c1. The molecule has 0 saturated heterocycles. The van der Waals surface area contributed by atoms with Crippen LogP contribution >= 0.6 is 0 Å². The number of rotatable bonds is 5. The maximum Gasteiger partial charge on any atom is 0.369 e. The van der Waals surface area contributed by atoms with E-state index in [1.165, 1.54) is 0 Å². The van der Waals surface area contributed by atoms with Crippen LogP contribution in [0, 0.1) is 6.92 Å². The Balaban J connectivity index is 2.12. The Morgan fingerprint density at radius 1 is 1.40 bits per heavy atom. The molecule has 1 heterocycles. The summed E-state index contributed by atoms with van der Waals surface area (Å²) in [4.78, 5) is 18.6. The quantitative estimate of drug-likeness (QED) is 0.499. The first-order valence-electron chi connectivity index (χ1n) is 6.53. The highest BCUT2D eigenvalue weighted by Gasteiger charge is 2.26. The zero-order chi connectivity index (χ0) is 14.5. The second-order valence-electron chi connectivity index (χ2n) is 5.00. The molecule has 2 rings (SSSR count). The summed E-state index contributed by atoms with van der Waals surface area (Å²) >= 11 is 0. The van der Waals surface area contributed by atoms with Crippen LogP contribution in [0.25, 0.3) is 0 Å². The van der Waals surface area contributed by atoms with Crippen LogP contribution in [0.1, 0.15) is 11.1 Å². The molecule has 0 atom stereocenters. The average molecular weight is 273 g/mol. The Morgan fingerprint density at radius 3 is 2.90 bits per heavy atom. The van der Waals surface area contributed by atoms with E-state index in [0.29, 0.717) is 11.3 Å². The minimum Gasteiger partial charge on any atom is -0.389 e. The number of benzene rings is 1. The Hall–Kier alpha value is -2.14. The van der Waals surface area contributed by atoms with Crippen LogP contribution in [0.15, 0.2) is 41.2 Å². The molecule has 0 aromatic heterocycles. The highest BCUT2D eigenvalue weighted by atomic mass is 16.7. The fraction of sp³-hybridized carbons (Fsp3) is 0.333. The molecule has 0 amide bonds. The molecule has 0 spiro atoms. The monoisotopic (exact) mass is 273 g/mol. The third-order valence-electron chi connectivity index (χ3n) is 2.94. The molecule has 1 N–H and O–H groups in total. The fourth-order valence-corrected chi connectivity index (χ4v) is 1.87. The van der Waals surface area contributed by atoms with E-state index in [9.17, 15) is 4.79 Å². The number of nitrogens with zero attached hydrogens (tertiary/aromatic N) is 2. The van der Waals surface area contributed by atoms with Crippen LogP contribution in [0.5, 0.6) is 0 Å². The summed E-state index contributed by atoms with van der Waals surface area (Å²) in [6, 6.07) is 7.84. The predicted molar refractivity (Wildman–Crippen MR) is 78.4 cm³/mol. The third-order valence-corrected chi connectivity index (χ3v) is 2.94. The minimum atomic E-state index is -0.418. The van der Waals surface area contributed by atoms with Gasteiger partial charge in [-0.2, -0.15) is 0 Å². The number of aryl methyl sites for hydroxylation is 1. The van der Waals surface area contributed by atoms with Gasteiger partial charge in [0.05, 0.1) is 0 Å². The number of hydrogen-bond acceptors (Lipinski definition) is 5. The molecule has 1 aliphatic heterocycles. The molecule has 0 aliphatic carbocycles.